The molecule has 0 saturated carbocycles. The van der Waals surface area contributed by atoms with Gasteiger partial charge in [-0.3, -0.25) is 14.4 Å². The molecule has 1 unspecified atom stereocenters. The topological polar surface area (TPSA) is 78.9 Å². The molecule has 0 fully saturated rings. The van der Waals surface area contributed by atoms with Crippen LogP contribution in [0.25, 0.3) is 0 Å². The monoisotopic (exact) mass is 1110 g/mol. The highest BCUT2D eigenvalue weighted by Crippen LogP contribution is 2.18. The van der Waals surface area contributed by atoms with Gasteiger partial charge in [-0.15, -0.1) is 0 Å². The van der Waals surface area contributed by atoms with Crippen molar-refractivity contribution in [2.75, 3.05) is 13.2 Å². The van der Waals surface area contributed by atoms with Gasteiger partial charge in [-0.05, 0) is 83.5 Å². The number of allylic oxidation sites excluding steroid dienone is 16. The molecule has 0 aromatic rings. The van der Waals surface area contributed by atoms with E-state index in [1.165, 1.54) is 199 Å². The van der Waals surface area contributed by atoms with Crippen molar-refractivity contribution in [3.63, 3.8) is 0 Å². The summed E-state index contributed by atoms with van der Waals surface area (Å²) >= 11 is 0. The minimum atomic E-state index is -0.803. The van der Waals surface area contributed by atoms with E-state index in [4.69, 9.17) is 14.2 Å². The summed E-state index contributed by atoms with van der Waals surface area (Å²) in [6, 6.07) is 0. The number of unbranched alkanes of at least 4 members (excludes halogenated alkanes) is 35. The Labute approximate surface area is 496 Å². The number of esters is 3. The van der Waals surface area contributed by atoms with Crippen LogP contribution in [0.15, 0.2) is 97.2 Å². The quantitative estimate of drug-likeness (QED) is 0.0261. The summed E-state index contributed by atoms with van der Waals surface area (Å²) in [4.78, 5) is 38.3. The number of hydrogen-bond acceptors (Lipinski definition) is 6. The SMILES string of the molecule is CC/C=C\C/C=C\C/C=C\C/C=C\CCCCCCCCCCCCCCCCCCCCCCC(=O)OCC(COC(=O)CC/C=C\C/C=C\C/C=C\C/C=C\CC)OC(=O)CCCCCCCCCCCCCCCCCC. The molecule has 6 heteroatoms. The fourth-order valence-corrected chi connectivity index (χ4v) is 9.80. The second kappa shape index (κ2) is 67.8. The summed E-state index contributed by atoms with van der Waals surface area (Å²) in [6.45, 7) is 6.39. The fourth-order valence-electron chi connectivity index (χ4n) is 9.80. The van der Waals surface area contributed by atoms with Gasteiger partial charge in [0.15, 0.2) is 6.10 Å². The molecule has 0 aliphatic rings. The molecule has 0 spiro atoms. The van der Waals surface area contributed by atoms with Crippen molar-refractivity contribution in [2.45, 2.75) is 341 Å². The van der Waals surface area contributed by atoms with Gasteiger partial charge in [0.1, 0.15) is 13.2 Å². The molecule has 0 bridgehead atoms. The highest BCUT2D eigenvalue weighted by Gasteiger charge is 2.19. The Morgan fingerprint density at radius 1 is 0.263 bits per heavy atom. The molecule has 0 aromatic carbocycles. The highest BCUT2D eigenvalue weighted by molar-refractivity contribution is 5.71. The van der Waals surface area contributed by atoms with Crippen LogP contribution in [0.1, 0.15) is 335 Å². The maximum Gasteiger partial charge on any atom is 0.306 e. The molecular weight excluding hydrogens is 985 g/mol. The van der Waals surface area contributed by atoms with E-state index in [0.29, 0.717) is 19.3 Å². The van der Waals surface area contributed by atoms with Crippen LogP contribution in [0, 0.1) is 0 Å². The molecule has 0 N–H and O–H groups in total. The summed E-state index contributed by atoms with van der Waals surface area (Å²) in [5, 5.41) is 0. The molecule has 0 rings (SSSR count). The summed E-state index contributed by atoms with van der Waals surface area (Å²) in [7, 11) is 0. The molecule has 1 atom stereocenters. The average Bonchev–Trinajstić information content (AvgIpc) is 3.46. The lowest BCUT2D eigenvalue weighted by Gasteiger charge is -2.18. The van der Waals surface area contributed by atoms with Crippen molar-refractivity contribution in [2.24, 2.45) is 0 Å². The zero-order valence-electron chi connectivity index (χ0n) is 52.8. The van der Waals surface area contributed by atoms with Crippen LogP contribution in [-0.2, 0) is 28.6 Å². The van der Waals surface area contributed by atoms with Gasteiger partial charge in [0.25, 0.3) is 0 Å². The normalized spacial score (nSPS) is 12.7. The Hall–Kier alpha value is -3.67. The third-order valence-corrected chi connectivity index (χ3v) is 14.8. The molecule has 0 amide bonds. The lowest BCUT2D eigenvalue weighted by Crippen LogP contribution is -2.30. The van der Waals surface area contributed by atoms with E-state index in [1.54, 1.807) is 0 Å². The maximum absolute atomic E-state index is 12.9. The first kappa shape index (κ1) is 76.3. The van der Waals surface area contributed by atoms with Crippen LogP contribution in [0.4, 0.5) is 0 Å². The van der Waals surface area contributed by atoms with Gasteiger partial charge in [-0.2, -0.15) is 0 Å². The first-order chi connectivity index (χ1) is 39.5. The predicted molar refractivity (Wildman–Crippen MR) is 348 cm³/mol. The van der Waals surface area contributed by atoms with Crippen molar-refractivity contribution in [3.8, 4) is 0 Å². The number of ether oxygens (including phenoxy) is 3. The minimum Gasteiger partial charge on any atom is -0.462 e. The molecule has 0 aromatic heterocycles. The lowest BCUT2D eigenvalue weighted by atomic mass is 10.0. The summed E-state index contributed by atoms with van der Waals surface area (Å²) in [6.07, 6.45) is 91.8. The van der Waals surface area contributed by atoms with Crippen LogP contribution < -0.4 is 0 Å². The van der Waals surface area contributed by atoms with E-state index in [1.807, 2.05) is 6.08 Å². The summed E-state index contributed by atoms with van der Waals surface area (Å²) < 4.78 is 16.9. The fraction of sp³-hybridized carbons (Fsp3) is 0.743. The molecule has 80 heavy (non-hydrogen) atoms. The molecule has 6 nitrogen and oxygen atoms in total. The van der Waals surface area contributed by atoms with Crippen LogP contribution in [0.2, 0.25) is 0 Å². The second-order valence-electron chi connectivity index (χ2n) is 22.7. The number of carbonyl (C=O) groups is 3. The van der Waals surface area contributed by atoms with Gasteiger partial charge in [0, 0.05) is 19.3 Å². The zero-order valence-corrected chi connectivity index (χ0v) is 52.8. The predicted octanol–water partition coefficient (Wildman–Crippen LogP) is 23.6. The van der Waals surface area contributed by atoms with Crippen LogP contribution in [0.3, 0.4) is 0 Å². The van der Waals surface area contributed by atoms with Crippen LogP contribution in [-0.4, -0.2) is 37.2 Å². The zero-order chi connectivity index (χ0) is 57.8. The molecule has 0 heterocycles. The maximum atomic E-state index is 12.9. The molecule has 0 aliphatic carbocycles. The Bertz CT molecular complexity index is 1560. The molecular formula is C74H128O6. The number of hydrogen-bond donors (Lipinski definition) is 0. The molecule has 460 valence electrons. The van der Waals surface area contributed by atoms with Crippen molar-refractivity contribution < 1.29 is 28.6 Å². The van der Waals surface area contributed by atoms with Gasteiger partial charge in [0.05, 0.1) is 0 Å². The molecule has 0 radical (unpaired) electrons. The molecule has 0 aliphatic heterocycles. The van der Waals surface area contributed by atoms with Crippen LogP contribution in [0.5, 0.6) is 0 Å². The van der Waals surface area contributed by atoms with Gasteiger partial charge in [-0.25, -0.2) is 0 Å². The van der Waals surface area contributed by atoms with Crippen molar-refractivity contribution >= 4 is 17.9 Å². The summed E-state index contributed by atoms with van der Waals surface area (Å²) in [5.74, 6) is -0.963. The molecule has 0 saturated heterocycles. The van der Waals surface area contributed by atoms with Crippen molar-refractivity contribution in [3.05, 3.63) is 97.2 Å². The Morgan fingerprint density at radius 3 is 0.838 bits per heavy atom. The Morgan fingerprint density at radius 2 is 0.512 bits per heavy atom. The van der Waals surface area contributed by atoms with E-state index in [2.05, 4.69) is 112 Å². The van der Waals surface area contributed by atoms with E-state index in [-0.39, 0.29) is 37.5 Å². The van der Waals surface area contributed by atoms with Gasteiger partial charge >= 0.3 is 17.9 Å². The van der Waals surface area contributed by atoms with E-state index >= 15 is 0 Å². The summed E-state index contributed by atoms with van der Waals surface area (Å²) in [5.41, 5.74) is 0. The number of carbonyl (C=O) groups excluding carboxylic acids is 3. The van der Waals surface area contributed by atoms with Gasteiger partial charge in [0.2, 0.25) is 0 Å². The average molecular weight is 1110 g/mol. The Balaban J connectivity index is 4.16. The standard InChI is InChI=1S/C74H128O6/c1-4-7-10-13-16-19-22-25-27-29-30-31-32-33-34-35-36-37-38-39-40-41-42-43-44-45-47-49-52-55-58-61-64-67-73(76)79-70-71(69-78-72(75)66-63-60-57-54-51-48-24-21-18-15-12-9-6-3)80-74(77)68-65-62-59-56-53-50-46-28-26-23-20-17-14-11-8-5-2/h7,9-10,12,16,18-19,21,25,27,30-31,48,51,57,60,71H,4-6,8,11,13-15,17,20,22-24,26,28-29,32-47,49-50,52-56,58-59,61-70H2,1-3H3/b10-7-,12-9-,19-16-,21-18-,27-25-,31-30-,51-48-,60-57-. The van der Waals surface area contributed by atoms with E-state index < -0.39 is 6.10 Å². The Kier molecular flexibility index (Phi) is 64.7. The third-order valence-electron chi connectivity index (χ3n) is 14.8. The second-order valence-corrected chi connectivity index (χ2v) is 22.7. The van der Waals surface area contributed by atoms with Gasteiger partial charge < -0.3 is 14.2 Å². The lowest BCUT2D eigenvalue weighted by molar-refractivity contribution is -0.166. The van der Waals surface area contributed by atoms with E-state index in [0.717, 1.165) is 89.9 Å². The number of rotatable bonds is 62. The van der Waals surface area contributed by atoms with E-state index in [9.17, 15) is 14.4 Å². The minimum absolute atomic E-state index is 0.0943. The van der Waals surface area contributed by atoms with Gasteiger partial charge in [-0.1, -0.05) is 330 Å². The first-order valence-electron chi connectivity index (χ1n) is 34.2. The smallest absolute Gasteiger partial charge is 0.306 e. The third kappa shape index (κ3) is 65.1. The first-order valence-corrected chi connectivity index (χ1v) is 34.2. The van der Waals surface area contributed by atoms with Crippen LogP contribution >= 0.6 is 0 Å². The highest BCUT2D eigenvalue weighted by atomic mass is 16.6. The van der Waals surface area contributed by atoms with Crippen molar-refractivity contribution in [1.82, 2.24) is 0 Å². The van der Waals surface area contributed by atoms with Crippen molar-refractivity contribution in [1.29, 1.82) is 0 Å². The largest absolute Gasteiger partial charge is 0.462 e.